The van der Waals surface area contributed by atoms with Crippen LogP contribution in [-0.4, -0.2) is 36.5 Å². The molecule has 0 spiro atoms. The quantitative estimate of drug-likeness (QED) is 0.890. The molecule has 1 aromatic carbocycles. The molecule has 0 bridgehead atoms. The predicted molar refractivity (Wildman–Crippen MR) is 69.7 cm³/mol. The van der Waals surface area contributed by atoms with Crippen molar-refractivity contribution in [3.8, 4) is 6.07 Å². The molecule has 1 saturated heterocycles. The Balaban J connectivity index is 2.38. The van der Waals surface area contributed by atoms with Crippen molar-refractivity contribution in [3.63, 3.8) is 0 Å². The number of rotatable bonds is 2. The summed E-state index contributed by atoms with van der Waals surface area (Å²) in [5.41, 5.74) is -1.38. The summed E-state index contributed by atoms with van der Waals surface area (Å²) in [5.74, 6) is -0.753. The highest BCUT2D eigenvalue weighted by Gasteiger charge is 2.35. The normalized spacial score (nSPS) is 24.3. The van der Waals surface area contributed by atoms with Gasteiger partial charge in [0.15, 0.2) is 0 Å². The molecule has 0 saturated carbocycles. The number of hydrogen-bond acceptors (Lipinski definition) is 4. The molecule has 7 heteroatoms. The number of sulfonamides is 1. The van der Waals surface area contributed by atoms with Crippen LogP contribution in [0.25, 0.3) is 0 Å². The summed E-state index contributed by atoms with van der Waals surface area (Å²) in [6, 6.07) is 4.74. The first kappa shape index (κ1) is 14.9. The summed E-state index contributed by atoms with van der Waals surface area (Å²) in [6.07, 6.45) is 1.09. The number of aliphatic hydroxyl groups is 1. The van der Waals surface area contributed by atoms with Gasteiger partial charge in [0.25, 0.3) is 0 Å². The Morgan fingerprint density at radius 1 is 1.50 bits per heavy atom. The van der Waals surface area contributed by atoms with Gasteiger partial charge in [0.1, 0.15) is 11.9 Å². The van der Waals surface area contributed by atoms with Crippen molar-refractivity contribution in [2.75, 3.05) is 13.1 Å². The van der Waals surface area contributed by atoms with Gasteiger partial charge < -0.3 is 5.11 Å². The van der Waals surface area contributed by atoms with Gasteiger partial charge in [-0.2, -0.15) is 9.57 Å². The lowest BCUT2D eigenvalue weighted by molar-refractivity contribution is 0.00940. The van der Waals surface area contributed by atoms with Crippen molar-refractivity contribution in [1.29, 1.82) is 5.26 Å². The third-order valence-electron chi connectivity index (χ3n) is 3.34. The van der Waals surface area contributed by atoms with E-state index in [1.807, 2.05) is 0 Å². The van der Waals surface area contributed by atoms with Crippen molar-refractivity contribution in [3.05, 3.63) is 29.6 Å². The number of nitrogens with zero attached hydrogens (tertiary/aromatic N) is 2. The smallest absolute Gasteiger partial charge is 0.243 e. The fourth-order valence-electron chi connectivity index (χ4n) is 2.28. The summed E-state index contributed by atoms with van der Waals surface area (Å²) in [5, 5.41) is 18.7. The first-order valence-corrected chi connectivity index (χ1v) is 7.62. The van der Waals surface area contributed by atoms with E-state index < -0.39 is 21.4 Å². The van der Waals surface area contributed by atoms with Crippen LogP contribution in [-0.2, 0) is 10.0 Å². The van der Waals surface area contributed by atoms with Crippen LogP contribution in [0.5, 0.6) is 0 Å². The van der Waals surface area contributed by atoms with Crippen LogP contribution in [0.3, 0.4) is 0 Å². The van der Waals surface area contributed by atoms with Gasteiger partial charge in [-0.15, -0.1) is 0 Å². The van der Waals surface area contributed by atoms with Gasteiger partial charge in [-0.3, -0.25) is 0 Å². The average molecular weight is 298 g/mol. The van der Waals surface area contributed by atoms with Crippen LogP contribution < -0.4 is 0 Å². The van der Waals surface area contributed by atoms with E-state index in [1.165, 1.54) is 4.31 Å². The number of piperidine rings is 1. The van der Waals surface area contributed by atoms with E-state index in [9.17, 15) is 17.9 Å². The molecule has 5 nitrogen and oxygen atoms in total. The Labute approximate surface area is 117 Å². The summed E-state index contributed by atoms with van der Waals surface area (Å²) in [4.78, 5) is -0.131. The van der Waals surface area contributed by atoms with E-state index >= 15 is 0 Å². The van der Waals surface area contributed by atoms with Gasteiger partial charge in [-0.1, -0.05) is 0 Å². The minimum atomic E-state index is -3.83. The SMILES string of the molecule is CC1(O)CCCN(S(=O)(=O)c2ccc(F)c(C#N)c2)C1. The van der Waals surface area contributed by atoms with Crippen molar-refractivity contribution in [2.45, 2.75) is 30.3 Å². The molecule has 1 fully saturated rings. The van der Waals surface area contributed by atoms with E-state index in [-0.39, 0.29) is 17.0 Å². The maximum absolute atomic E-state index is 13.3. The van der Waals surface area contributed by atoms with Crippen LogP contribution in [0.4, 0.5) is 4.39 Å². The van der Waals surface area contributed by atoms with Crippen LogP contribution in [0.1, 0.15) is 25.3 Å². The lowest BCUT2D eigenvalue weighted by Gasteiger charge is -2.35. The summed E-state index contributed by atoms with van der Waals surface area (Å²) in [6.45, 7) is 1.88. The van der Waals surface area contributed by atoms with Gasteiger partial charge in [0.2, 0.25) is 10.0 Å². The molecule has 108 valence electrons. The van der Waals surface area contributed by atoms with Crippen LogP contribution in [0, 0.1) is 17.1 Å². The first-order valence-electron chi connectivity index (χ1n) is 6.18. The Morgan fingerprint density at radius 3 is 2.80 bits per heavy atom. The van der Waals surface area contributed by atoms with Gasteiger partial charge in [0.05, 0.1) is 16.1 Å². The fourth-order valence-corrected chi connectivity index (χ4v) is 3.90. The Bertz CT molecular complexity index is 665. The van der Waals surface area contributed by atoms with Crippen molar-refractivity contribution >= 4 is 10.0 Å². The molecule has 20 heavy (non-hydrogen) atoms. The topological polar surface area (TPSA) is 81.4 Å². The number of nitriles is 1. The molecule has 0 radical (unpaired) electrons. The molecule has 0 aliphatic carbocycles. The Kier molecular flexibility index (Phi) is 3.82. The molecule has 1 atom stereocenters. The van der Waals surface area contributed by atoms with Gasteiger partial charge in [-0.25, -0.2) is 12.8 Å². The summed E-state index contributed by atoms with van der Waals surface area (Å²) < 4.78 is 39.3. The molecule has 2 rings (SSSR count). The highest BCUT2D eigenvalue weighted by atomic mass is 32.2. The van der Waals surface area contributed by atoms with Gasteiger partial charge >= 0.3 is 0 Å². The minimum absolute atomic E-state index is 0.00536. The van der Waals surface area contributed by atoms with Crippen LogP contribution in [0.2, 0.25) is 0 Å². The average Bonchev–Trinajstić information content (AvgIpc) is 2.37. The molecular weight excluding hydrogens is 283 g/mol. The number of hydrogen-bond donors (Lipinski definition) is 1. The highest BCUT2D eigenvalue weighted by molar-refractivity contribution is 7.89. The predicted octanol–water partition coefficient (Wildman–Crippen LogP) is 1.23. The molecule has 0 amide bonds. The zero-order valence-corrected chi connectivity index (χ0v) is 11.8. The van der Waals surface area contributed by atoms with Crippen LogP contribution >= 0.6 is 0 Å². The molecule has 1 aliphatic heterocycles. The van der Waals surface area contributed by atoms with E-state index in [0.717, 1.165) is 18.2 Å². The van der Waals surface area contributed by atoms with Gasteiger partial charge in [0, 0.05) is 13.1 Å². The number of halogens is 1. The first-order chi connectivity index (χ1) is 9.26. The monoisotopic (exact) mass is 298 g/mol. The standard InChI is InChI=1S/C13H15FN2O3S/c1-13(17)5-2-6-16(9-13)20(18,19)11-3-4-12(14)10(7-11)8-15/h3-4,7,17H,2,5-6,9H2,1H3. The van der Waals surface area contributed by atoms with Gasteiger partial charge in [-0.05, 0) is 38.0 Å². The number of β-amino-alcohol motifs (C(OH)–C–C–N with tert-alkyl or cyclic N) is 1. The largest absolute Gasteiger partial charge is 0.389 e. The zero-order chi connectivity index (χ0) is 15.0. The van der Waals surface area contributed by atoms with E-state index in [2.05, 4.69) is 0 Å². The van der Waals surface area contributed by atoms with Crippen LogP contribution in [0.15, 0.2) is 23.1 Å². The molecule has 1 aromatic rings. The lowest BCUT2D eigenvalue weighted by atomic mass is 9.97. The maximum Gasteiger partial charge on any atom is 0.243 e. The van der Waals surface area contributed by atoms with E-state index in [4.69, 9.17) is 5.26 Å². The molecule has 0 aromatic heterocycles. The van der Waals surface area contributed by atoms with Crippen molar-refractivity contribution < 1.29 is 17.9 Å². The Morgan fingerprint density at radius 2 is 2.20 bits per heavy atom. The van der Waals surface area contributed by atoms with Crippen molar-refractivity contribution in [1.82, 2.24) is 4.31 Å². The maximum atomic E-state index is 13.3. The highest BCUT2D eigenvalue weighted by Crippen LogP contribution is 2.26. The zero-order valence-electron chi connectivity index (χ0n) is 11.0. The van der Waals surface area contributed by atoms with E-state index in [0.29, 0.717) is 19.4 Å². The summed E-state index contributed by atoms with van der Waals surface area (Å²) in [7, 11) is -3.83. The number of benzene rings is 1. The summed E-state index contributed by atoms with van der Waals surface area (Å²) >= 11 is 0. The molecular formula is C13H15FN2O3S. The third kappa shape index (κ3) is 2.82. The molecule has 1 heterocycles. The second-order valence-corrected chi connectivity index (χ2v) is 7.13. The molecule has 1 unspecified atom stereocenters. The molecule has 1 aliphatic rings. The third-order valence-corrected chi connectivity index (χ3v) is 5.18. The Hall–Kier alpha value is -1.49. The lowest BCUT2D eigenvalue weighted by Crippen LogP contribution is -2.48. The second-order valence-electron chi connectivity index (χ2n) is 5.19. The van der Waals surface area contributed by atoms with E-state index in [1.54, 1.807) is 13.0 Å². The minimum Gasteiger partial charge on any atom is -0.389 e. The fraction of sp³-hybridized carbons (Fsp3) is 0.462. The van der Waals surface area contributed by atoms with Crippen molar-refractivity contribution in [2.24, 2.45) is 0 Å². The molecule has 1 N–H and O–H groups in total. The second kappa shape index (κ2) is 5.13.